The maximum absolute atomic E-state index is 12.3. The van der Waals surface area contributed by atoms with E-state index in [9.17, 15) is 9.59 Å². The third kappa shape index (κ3) is 4.61. The van der Waals surface area contributed by atoms with Crippen LogP contribution in [0.4, 0.5) is 5.69 Å². The molecule has 7 heteroatoms. The van der Waals surface area contributed by atoms with E-state index < -0.39 is 0 Å². The number of aryl methyl sites for hydroxylation is 2. The number of carbonyl (C=O) groups excluding carboxylic acids is 2. The highest BCUT2D eigenvalue weighted by atomic mass is 32.2. The van der Waals surface area contributed by atoms with E-state index in [1.165, 1.54) is 17.3 Å². The van der Waals surface area contributed by atoms with Crippen LogP contribution < -0.4 is 10.6 Å². The van der Waals surface area contributed by atoms with Crippen LogP contribution in [0.1, 0.15) is 21.5 Å². The van der Waals surface area contributed by atoms with Gasteiger partial charge in [0.05, 0.1) is 11.4 Å². The first-order valence-corrected chi connectivity index (χ1v) is 9.82. The molecule has 0 saturated carbocycles. The minimum atomic E-state index is -0.160. The zero-order valence-electron chi connectivity index (χ0n) is 16.0. The molecule has 2 N–H and O–H groups in total. The molecule has 0 spiro atoms. The second-order valence-corrected chi connectivity index (χ2v) is 7.31. The second-order valence-electron chi connectivity index (χ2n) is 6.36. The summed E-state index contributed by atoms with van der Waals surface area (Å²) in [6.45, 7) is 4.11. The van der Waals surface area contributed by atoms with Crippen LogP contribution in [0.15, 0.2) is 60.0 Å². The van der Waals surface area contributed by atoms with Gasteiger partial charge in [-0.2, -0.15) is 0 Å². The predicted octanol–water partition coefficient (Wildman–Crippen LogP) is 3.58. The molecular weight excluding hydrogens is 372 g/mol. The second kappa shape index (κ2) is 8.75. The van der Waals surface area contributed by atoms with Gasteiger partial charge in [0, 0.05) is 30.7 Å². The Kier molecular flexibility index (Phi) is 6.16. The van der Waals surface area contributed by atoms with Crippen molar-refractivity contribution in [1.82, 2.24) is 14.9 Å². The van der Waals surface area contributed by atoms with Gasteiger partial charge in [0.25, 0.3) is 5.91 Å². The molecule has 3 rings (SSSR count). The molecule has 0 bridgehead atoms. The van der Waals surface area contributed by atoms with Crippen LogP contribution in [0.2, 0.25) is 0 Å². The monoisotopic (exact) mass is 394 g/mol. The number of aromatic nitrogens is 2. The number of amides is 2. The number of rotatable bonds is 6. The predicted molar refractivity (Wildman–Crippen MR) is 112 cm³/mol. The standard InChI is InChI=1S/C21H22N4O2S/c1-14-4-5-15(2)18(12-14)25-11-10-23-21(25)28-13-19(26)24-17-8-6-16(7-9-17)20(27)22-3/h4-12H,13H2,1-3H3,(H,22,27)(H,24,26). The van der Waals surface area contributed by atoms with Crippen LogP contribution in [0, 0.1) is 13.8 Å². The molecule has 1 heterocycles. The van der Waals surface area contributed by atoms with Crippen LogP contribution in [-0.2, 0) is 4.79 Å². The maximum atomic E-state index is 12.3. The van der Waals surface area contributed by atoms with Crippen molar-refractivity contribution in [2.75, 3.05) is 18.1 Å². The molecule has 144 valence electrons. The van der Waals surface area contributed by atoms with E-state index in [4.69, 9.17) is 0 Å². The van der Waals surface area contributed by atoms with Crippen molar-refractivity contribution in [1.29, 1.82) is 0 Å². The van der Waals surface area contributed by atoms with Gasteiger partial charge >= 0.3 is 0 Å². The Hall–Kier alpha value is -3.06. The summed E-state index contributed by atoms with van der Waals surface area (Å²) >= 11 is 1.38. The molecule has 6 nitrogen and oxygen atoms in total. The molecule has 0 fully saturated rings. The van der Waals surface area contributed by atoms with Crippen LogP contribution in [-0.4, -0.2) is 34.2 Å². The Morgan fingerprint density at radius 2 is 1.86 bits per heavy atom. The highest BCUT2D eigenvalue weighted by molar-refractivity contribution is 7.99. The van der Waals surface area contributed by atoms with Crippen molar-refractivity contribution in [3.05, 3.63) is 71.5 Å². The summed E-state index contributed by atoms with van der Waals surface area (Å²) in [5.41, 5.74) is 4.57. The van der Waals surface area contributed by atoms with Crippen molar-refractivity contribution in [3.63, 3.8) is 0 Å². The fraction of sp³-hybridized carbons (Fsp3) is 0.190. The van der Waals surface area contributed by atoms with Crippen molar-refractivity contribution in [3.8, 4) is 5.69 Å². The molecule has 2 amide bonds. The average molecular weight is 395 g/mol. The van der Waals surface area contributed by atoms with Gasteiger partial charge in [-0.3, -0.25) is 14.2 Å². The van der Waals surface area contributed by atoms with Gasteiger partial charge in [-0.1, -0.05) is 23.9 Å². The lowest BCUT2D eigenvalue weighted by Crippen LogP contribution is -2.18. The van der Waals surface area contributed by atoms with E-state index in [1.54, 1.807) is 37.5 Å². The third-order valence-electron chi connectivity index (χ3n) is 4.22. The van der Waals surface area contributed by atoms with E-state index in [0.29, 0.717) is 11.3 Å². The van der Waals surface area contributed by atoms with Crippen molar-refractivity contribution in [2.45, 2.75) is 19.0 Å². The first kappa shape index (κ1) is 19.7. The Morgan fingerprint density at radius 1 is 1.11 bits per heavy atom. The summed E-state index contributed by atoms with van der Waals surface area (Å²) in [7, 11) is 1.58. The van der Waals surface area contributed by atoms with E-state index in [1.807, 2.05) is 10.8 Å². The fourth-order valence-electron chi connectivity index (χ4n) is 2.74. The first-order valence-electron chi connectivity index (χ1n) is 8.83. The van der Waals surface area contributed by atoms with Crippen molar-refractivity contribution in [2.24, 2.45) is 0 Å². The third-order valence-corrected chi connectivity index (χ3v) is 5.19. The summed E-state index contributed by atoms with van der Waals surface area (Å²) in [5.74, 6) is -0.0566. The Morgan fingerprint density at radius 3 is 2.57 bits per heavy atom. The van der Waals surface area contributed by atoms with Gasteiger partial charge in [0.15, 0.2) is 5.16 Å². The van der Waals surface area contributed by atoms with Gasteiger partial charge < -0.3 is 10.6 Å². The Labute approximate surface area is 168 Å². The van der Waals surface area contributed by atoms with Crippen molar-refractivity contribution >= 4 is 29.3 Å². The summed E-state index contributed by atoms with van der Waals surface area (Å²) < 4.78 is 2.00. The maximum Gasteiger partial charge on any atom is 0.251 e. The molecular formula is C21H22N4O2S. The van der Waals surface area contributed by atoms with Crippen LogP contribution in [0.25, 0.3) is 5.69 Å². The largest absolute Gasteiger partial charge is 0.355 e. The molecule has 28 heavy (non-hydrogen) atoms. The van der Waals surface area contributed by atoms with Crippen molar-refractivity contribution < 1.29 is 9.59 Å². The molecule has 0 radical (unpaired) electrons. The zero-order valence-corrected chi connectivity index (χ0v) is 16.8. The smallest absolute Gasteiger partial charge is 0.251 e. The summed E-state index contributed by atoms with van der Waals surface area (Å²) in [6.07, 6.45) is 3.64. The topological polar surface area (TPSA) is 76.0 Å². The minimum absolute atomic E-state index is 0.131. The number of hydrogen-bond donors (Lipinski definition) is 2. The fourth-order valence-corrected chi connectivity index (χ4v) is 3.50. The van der Waals surface area contributed by atoms with E-state index in [-0.39, 0.29) is 17.6 Å². The van der Waals surface area contributed by atoms with Gasteiger partial charge in [-0.15, -0.1) is 0 Å². The molecule has 0 atom stereocenters. The summed E-state index contributed by atoms with van der Waals surface area (Å²) in [4.78, 5) is 28.3. The minimum Gasteiger partial charge on any atom is -0.355 e. The van der Waals surface area contributed by atoms with Crippen LogP contribution >= 0.6 is 11.8 Å². The number of anilines is 1. The molecule has 1 aromatic heterocycles. The van der Waals surface area contributed by atoms with Gasteiger partial charge in [-0.25, -0.2) is 4.98 Å². The molecule has 0 aliphatic carbocycles. The number of benzene rings is 2. The van der Waals surface area contributed by atoms with Crippen LogP contribution in [0.5, 0.6) is 0 Å². The number of imidazole rings is 1. The molecule has 0 unspecified atom stereocenters. The molecule has 2 aromatic carbocycles. The summed E-state index contributed by atoms with van der Waals surface area (Å²) in [6, 6.07) is 13.0. The lowest BCUT2D eigenvalue weighted by atomic mass is 10.1. The van der Waals surface area contributed by atoms with Gasteiger partial charge in [0.1, 0.15) is 0 Å². The van der Waals surface area contributed by atoms with Crippen LogP contribution in [0.3, 0.4) is 0 Å². The van der Waals surface area contributed by atoms with E-state index in [0.717, 1.165) is 16.4 Å². The Bertz CT molecular complexity index is 996. The normalized spacial score (nSPS) is 10.5. The number of thioether (sulfide) groups is 1. The molecule has 0 saturated heterocycles. The molecule has 0 aliphatic heterocycles. The first-order chi connectivity index (χ1) is 13.5. The van der Waals surface area contributed by atoms with E-state index >= 15 is 0 Å². The Balaban J connectivity index is 1.64. The number of nitrogens with zero attached hydrogens (tertiary/aromatic N) is 2. The average Bonchev–Trinajstić information content (AvgIpc) is 3.16. The SMILES string of the molecule is CNC(=O)c1ccc(NC(=O)CSc2nccn2-c2cc(C)ccc2C)cc1. The number of nitrogens with one attached hydrogen (secondary N) is 2. The number of carbonyl (C=O) groups is 2. The van der Waals surface area contributed by atoms with Gasteiger partial charge in [-0.05, 0) is 55.3 Å². The lowest BCUT2D eigenvalue weighted by Gasteiger charge is -2.11. The van der Waals surface area contributed by atoms with E-state index in [2.05, 4.69) is 47.7 Å². The quantitative estimate of drug-likeness (QED) is 0.627. The lowest BCUT2D eigenvalue weighted by molar-refractivity contribution is -0.113. The zero-order chi connectivity index (χ0) is 20.1. The highest BCUT2D eigenvalue weighted by Crippen LogP contribution is 2.23. The molecule has 3 aromatic rings. The highest BCUT2D eigenvalue weighted by Gasteiger charge is 2.11. The summed E-state index contributed by atoms with van der Waals surface area (Å²) in [5, 5.41) is 6.17. The number of hydrogen-bond acceptors (Lipinski definition) is 4. The van der Waals surface area contributed by atoms with Gasteiger partial charge in [0.2, 0.25) is 5.91 Å². The molecule has 0 aliphatic rings.